The number of fused-ring (bicyclic) bond motifs is 3. The van der Waals surface area contributed by atoms with E-state index < -0.39 is 0 Å². The van der Waals surface area contributed by atoms with E-state index in [9.17, 15) is 0 Å². The molecule has 3 aromatic rings. The van der Waals surface area contributed by atoms with E-state index >= 15 is 0 Å². The van der Waals surface area contributed by atoms with Crippen molar-refractivity contribution in [1.29, 1.82) is 0 Å². The summed E-state index contributed by atoms with van der Waals surface area (Å²) in [5.74, 6) is 1.20. The van der Waals surface area contributed by atoms with Gasteiger partial charge in [0, 0.05) is 6.54 Å². The minimum Gasteiger partial charge on any atom is -0.496 e. The molecule has 0 aliphatic heterocycles. The minimum atomic E-state index is 0.202. The van der Waals surface area contributed by atoms with Gasteiger partial charge in [0.2, 0.25) is 0 Å². The second kappa shape index (κ2) is 5.81. The molecule has 0 unspecified atom stereocenters. The first kappa shape index (κ1) is 14.6. The fourth-order valence-electron chi connectivity index (χ4n) is 2.59. The fourth-order valence-corrected chi connectivity index (χ4v) is 2.59. The predicted octanol–water partition coefficient (Wildman–Crippen LogP) is 2.60. The number of benzene rings is 1. The van der Waals surface area contributed by atoms with Crippen molar-refractivity contribution in [2.45, 2.75) is 26.5 Å². The molecule has 0 radical (unpaired) electrons. The third-order valence-corrected chi connectivity index (χ3v) is 3.57. The zero-order valence-corrected chi connectivity index (χ0v) is 13.0. The van der Waals surface area contributed by atoms with Crippen molar-refractivity contribution < 1.29 is 9.47 Å². The molecule has 22 heavy (non-hydrogen) atoms. The lowest BCUT2D eigenvalue weighted by atomic mass is 10.1. The van der Waals surface area contributed by atoms with Gasteiger partial charge < -0.3 is 19.8 Å². The summed E-state index contributed by atoms with van der Waals surface area (Å²) in [4.78, 5) is 8.83. The molecule has 0 aliphatic rings. The van der Waals surface area contributed by atoms with Gasteiger partial charge in [0.25, 0.3) is 0 Å². The van der Waals surface area contributed by atoms with Gasteiger partial charge in [-0.25, -0.2) is 9.97 Å². The molecular formula is C16H20N4O2. The highest BCUT2D eigenvalue weighted by atomic mass is 16.5. The molecule has 0 saturated carbocycles. The summed E-state index contributed by atoms with van der Waals surface area (Å²) in [5, 5.41) is 0.927. The van der Waals surface area contributed by atoms with Gasteiger partial charge in [0.05, 0.1) is 42.6 Å². The van der Waals surface area contributed by atoms with E-state index in [4.69, 9.17) is 15.2 Å². The van der Waals surface area contributed by atoms with Crippen LogP contribution in [0.1, 0.15) is 13.8 Å². The summed E-state index contributed by atoms with van der Waals surface area (Å²) < 4.78 is 13.2. The number of rotatable bonds is 5. The van der Waals surface area contributed by atoms with E-state index in [0.29, 0.717) is 24.5 Å². The quantitative estimate of drug-likeness (QED) is 0.784. The summed E-state index contributed by atoms with van der Waals surface area (Å²) in [6.45, 7) is 5.35. The summed E-state index contributed by atoms with van der Waals surface area (Å²) in [7, 11) is 1.65. The predicted molar refractivity (Wildman–Crippen MR) is 87.1 cm³/mol. The third-order valence-electron chi connectivity index (χ3n) is 3.57. The lowest BCUT2D eigenvalue weighted by Gasteiger charge is -2.12. The standard InChI is InChI=1S/C16H20N4O2/c1-10(2)22-8-7-20-9-18-14-15(20)13-11(19-16(14)17)5-4-6-12(13)21-3/h4-6,9-10H,7-8H2,1-3H3,(H2,17,19). The number of anilines is 1. The smallest absolute Gasteiger partial charge is 0.152 e. The number of nitrogens with two attached hydrogens (primary N) is 1. The minimum absolute atomic E-state index is 0.202. The van der Waals surface area contributed by atoms with Gasteiger partial charge in [-0.2, -0.15) is 0 Å². The molecule has 0 amide bonds. The molecule has 0 atom stereocenters. The summed E-state index contributed by atoms with van der Waals surface area (Å²) in [6, 6.07) is 5.75. The van der Waals surface area contributed by atoms with Gasteiger partial charge in [-0.1, -0.05) is 6.07 Å². The Bertz CT molecular complexity index is 811. The van der Waals surface area contributed by atoms with Crippen LogP contribution in [0.2, 0.25) is 0 Å². The summed E-state index contributed by atoms with van der Waals surface area (Å²) in [6.07, 6.45) is 1.98. The summed E-state index contributed by atoms with van der Waals surface area (Å²) in [5.41, 5.74) is 8.48. The van der Waals surface area contributed by atoms with Crippen molar-refractivity contribution in [3.8, 4) is 5.75 Å². The fraction of sp³-hybridized carbons (Fsp3) is 0.375. The van der Waals surface area contributed by atoms with Crippen LogP contribution in [-0.4, -0.2) is 34.4 Å². The third kappa shape index (κ3) is 2.46. The van der Waals surface area contributed by atoms with E-state index in [0.717, 1.165) is 22.2 Å². The Morgan fingerprint density at radius 3 is 2.86 bits per heavy atom. The average molecular weight is 300 g/mol. The van der Waals surface area contributed by atoms with Gasteiger partial charge in [0.1, 0.15) is 11.3 Å². The van der Waals surface area contributed by atoms with Crippen molar-refractivity contribution in [2.75, 3.05) is 19.5 Å². The van der Waals surface area contributed by atoms with Crippen LogP contribution in [0.15, 0.2) is 24.5 Å². The molecule has 1 aromatic carbocycles. The number of aromatic nitrogens is 3. The van der Waals surface area contributed by atoms with E-state index in [1.807, 2.05) is 36.6 Å². The van der Waals surface area contributed by atoms with Crippen molar-refractivity contribution in [3.63, 3.8) is 0 Å². The lowest BCUT2D eigenvalue weighted by Crippen LogP contribution is -2.10. The van der Waals surface area contributed by atoms with Crippen LogP contribution in [-0.2, 0) is 11.3 Å². The molecule has 116 valence electrons. The molecular weight excluding hydrogens is 280 g/mol. The molecule has 3 rings (SSSR count). The molecule has 0 saturated heterocycles. The maximum absolute atomic E-state index is 6.05. The van der Waals surface area contributed by atoms with Crippen LogP contribution in [0.25, 0.3) is 21.9 Å². The lowest BCUT2D eigenvalue weighted by molar-refractivity contribution is 0.0733. The zero-order valence-electron chi connectivity index (χ0n) is 13.0. The monoisotopic (exact) mass is 300 g/mol. The topological polar surface area (TPSA) is 75.2 Å². The highest BCUT2D eigenvalue weighted by molar-refractivity contribution is 6.09. The van der Waals surface area contributed by atoms with Crippen molar-refractivity contribution in [3.05, 3.63) is 24.5 Å². The normalized spacial score (nSPS) is 11.6. The second-order valence-electron chi connectivity index (χ2n) is 5.41. The maximum Gasteiger partial charge on any atom is 0.152 e. The van der Waals surface area contributed by atoms with Gasteiger partial charge in [-0.3, -0.25) is 0 Å². The average Bonchev–Trinajstić information content (AvgIpc) is 2.91. The molecule has 0 spiro atoms. The van der Waals surface area contributed by atoms with Crippen LogP contribution in [0.5, 0.6) is 5.75 Å². The van der Waals surface area contributed by atoms with E-state index in [2.05, 4.69) is 9.97 Å². The Labute approximate surface area is 128 Å². The number of ether oxygens (including phenoxy) is 2. The number of nitrogen functional groups attached to an aromatic ring is 1. The van der Waals surface area contributed by atoms with E-state index in [1.165, 1.54) is 0 Å². The highest BCUT2D eigenvalue weighted by Crippen LogP contribution is 2.33. The van der Waals surface area contributed by atoms with Crippen LogP contribution < -0.4 is 10.5 Å². The van der Waals surface area contributed by atoms with Gasteiger partial charge in [-0.15, -0.1) is 0 Å². The molecule has 6 heteroatoms. The first-order chi connectivity index (χ1) is 10.6. The largest absolute Gasteiger partial charge is 0.496 e. The van der Waals surface area contributed by atoms with Crippen molar-refractivity contribution in [1.82, 2.24) is 14.5 Å². The first-order valence-electron chi connectivity index (χ1n) is 7.30. The molecule has 6 nitrogen and oxygen atoms in total. The molecule has 0 bridgehead atoms. The van der Waals surface area contributed by atoms with E-state index in [1.54, 1.807) is 13.4 Å². The molecule has 0 fully saturated rings. The molecule has 2 N–H and O–H groups in total. The van der Waals surface area contributed by atoms with Crippen LogP contribution in [0.4, 0.5) is 5.82 Å². The molecule has 2 aromatic heterocycles. The number of imidazole rings is 1. The van der Waals surface area contributed by atoms with Crippen LogP contribution in [0.3, 0.4) is 0 Å². The summed E-state index contributed by atoms with van der Waals surface area (Å²) >= 11 is 0. The Balaban J connectivity index is 2.18. The Hall–Kier alpha value is -2.34. The van der Waals surface area contributed by atoms with Gasteiger partial charge in [0.15, 0.2) is 5.82 Å². The van der Waals surface area contributed by atoms with Crippen molar-refractivity contribution >= 4 is 27.8 Å². The van der Waals surface area contributed by atoms with Crippen molar-refractivity contribution in [2.24, 2.45) is 0 Å². The zero-order chi connectivity index (χ0) is 15.7. The first-order valence-corrected chi connectivity index (χ1v) is 7.30. The number of hydrogen-bond donors (Lipinski definition) is 1. The number of pyridine rings is 1. The Morgan fingerprint density at radius 2 is 2.14 bits per heavy atom. The van der Waals surface area contributed by atoms with Gasteiger partial charge >= 0.3 is 0 Å². The second-order valence-corrected chi connectivity index (χ2v) is 5.41. The Kier molecular flexibility index (Phi) is 3.85. The van der Waals surface area contributed by atoms with Crippen LogP contribution >= 0.6 is 0 Å². The molecule has 0 aliphatic carbocycles. The number of nitrogens with zero attached hydrogens (tertiary/aromatic N) is 3. The Morgan fingerprint density at radius 1 is 1.32 bits per heavy atom. The van der Waals surface area contributed by atoms with E-state index in [-0.39, 0.29) is 6.10 Å². The van der Waals surface area contributed by atoms with Crippen LogP contribution in [0, 0.1) is 0 Å². The SMILES string of the molecule is COc1cccc2nc(N)c3ncn(CCOC(C)C)c3c12. The molecule has 2 heterocycles. The highest BCUT2D eigenvalue weighted by Gasteiger charge is 2.15. The maximum atomic E-state index is 6.05. The number of methoxy groups -OCH3 is 1. The van der Waals surface area contributed by atoms with Gasteiger partial charge in [-0.05, 0) is 26.0 Å². The number of hydrogen-bond acceptors (Lipinski definition) is 5.